The molecule has 0 unspecified atom stereocenters. The van der Waals surface area contributed by atoms with E-state index >= 15 is 0 Å². The molecule has 220 valence electrons. The van der Waals surface area contributed by atoms with E-state index in [1.54, 1.807) is 38.1 Å². The highest BCUT2D eigenvalue weighted by Gasteiger charge is 2.50. The molecule has 14 heteroatoms. The molecule has 0 amide bonds. The van der Waals surface area contributed by atoms with Crippen LogP contribution in [0, 0.1) is 9.49 Å². The minimum Gasteiger partial charge on any atom is -0.461 e. The van der Waals surface area contributed by atoms with Gasteiger partial charge in [0.05, 0.1) is 29.6 Å². The number of halogens is 4. The molecule has 0 aromatic heterocycles. The van der Waals surface area contributed by atoms with Crippen molar-refractivity contribution in [3.63, 3.8) is 0 Å². The molecule has 1 aliphatic rings. The fourth-order valence-corrected chi connectivity index (χ4v) is 4.91. The highest BCUT2D eigenvalue weighted by Crippen LogP contribution is 2.32. The van der Waals surface area contributed by atoms with Crippen molar-refractivity contribution in [3.05, 3.63) is 70.3 Å². The molecule has 1 heterocycles. The Balaban J connectivity index is 1.89. The van der Waals surface area contributed by atoms with Crippen LogP contribution in [-0.2, 0) is 39.5 Å². The van der Waals surface area contributed by atoms with Gasteiger partial charge in [0.25, 0.3) is 10.1 Å². The van der Waals surface area contributed by atoms with E-state index in [-0.39, 0.29) is 6.61 Å². The smallest absolute Gasteiger partial charge is 0.416 e. The Kier molecular flexibility index (Phi) is 11.0. The molecule has 0 aliphatic carbocycles. The second-order valence-corrected chi connectivity index (χ2v) is 11.9. The van der Waals surface area contributed by atoms with E-state index in [0.717, 1.165) is 21.8 Å². The van der Waals surface area contributed by atoms with Gasteiger partial charge in [-0.25, -0.2) is 0 Å². The Labute approximate surface area is 243 Å². The van der Waals surface area contributed by atoms with Crippen LogP contribution in [-0.4, -0.2) is 63.4 Å². The van der Waals surface area contributed by atoms with Gasteiger partial charge in [0.15, 0.2) is 6.10 Å². The van der Waals surface area contributed by atoms with E-state index in [1.807, 2.05) is 0 Å². The number of aliphatic hydroxyl groups is 1. The van der Waals surface area contributed by atoms with Crippen molar-refractivity contribution in [3.8, 4) is 5.75 Å². The molecule has 0 radical (unpaired) electrons. The summed E-state index contributed by atoms with van der Waals surface area (Å²) in [7, 11) is -4.70. The summed E-state index contributed by atoms with van der Waals surface area (Å²) in [6.45, 7) is 5.88. The molecule has 2 aromatic carbocycles. The molecule has 2 aromatic rings. The summed E-state index contributed by atoms with van der Waals surface area (Å²) in [6.07, 6.45) is -10.3. The lowest BCUT2D eigenvalue weighted by Crippen LogP contribution is -2.62. The molecule has 0 spiro atoms. The minimum atomic E-state index is -4.77. The van der Waals surface area contributed by atoms with Gasteiger partial charge in [0.2, 0.25) is 6.29 Å². The monoisotopic (exact) mass is 700 g/mol. The van der Waals surface area contributed by atoms with Gasteiger partial charge in [-0.1, -0.05) is 26.0 Å². The third-order valence-corrected chi connectivity index (χ3v) is 7.65. The van der Waals surface area contributed by atoms with Gasteiger partial charge in [-0.3, -0.25) is 8.98 Å². The van der Waals surface area contributed by atoms with Gasteiger partial charge in [0.1, 0.15) is 24.1 Å². The lowest BCUT2D eigenvalue weighted by atomic mass is 9.98. The third kappa shape index (κ3) is 8.39. The Hall–Kier alpha value is -2.24. The summed E-state index contributed by atoms with van der Waals surface area (Å²) in [5, 5.41) is 11.1. The first-order valence-electron chi connectivity index (χ1n) is 12.0. The van der Waals surface area contributed by atoms with E-state index in [9.17, 15) is 31.5 Å². The summed E-state index contributed by atoms with van der Waals surface area (Å²) in [5.41, 5.74) is -1.18. The predicted molar refractivity (Wildman–Crippen MR) is 144 cm³/mol. The zero-order valence-corrected chi connectivity index (χ0v) is 24.4. The quantitative estimate of drug-likeness (QED) is 0.158. The van der Waals surface area contributed by atoms with Crippen molar-refractivity contribution in [2.24, 2.45) is 5.92 Å². The van der Waals surface area contributed by atoms with Crippen LogP contribution in [0.25, 0.3) is 0 Å². The summed E-state index contributed by atoms with van der Waals surface area (Å²) >= 11 is 2.09. The van der Waals surface area contributed by atoms with Gasteiger partial charge in [-0.2, -0.15) is 21.6 Å². The van der Waals surface area contributed by atoms with Crippen LogP contribution in [0.1, 0.15) is 19.4 Å². The average Bonchev–Trinajstić information content (AvgIpc) is 2.89. The SMILES string of the molecule is C=CCO[C@H]1[C@@H](O)[C@@H](COS(=O)(=O)c2cccc(C(F)(F)F)c2)O[C@@H](Oc2ccc(I)cc2)[C@@H]1OC(=O)C(C)C. The maximum absolute atomic E-state index is 13.1. The van der Waals surface area contributed by atoms with Crippen LogP contribution in [0.3, 0.4) is 0 Å². The maximum atomic E-state index is 13.1. The van der Waals surface area contributed by atoms with Gasteiger partial charge in [0, 0.05) is 3.57 Å². The summed E-state index contributed by atoms with van der Waals surface area (Å²) < 4.78 is 93.6. The molecule has 0 bridgehead atoms. The number of carbonyl (C=O) groups is 1. The summed E-state index contributed by atoms with van der Waals surface area (Å²) in [4.78, 5) is 11.8. The number of aliphatic hydroxyl groups excluding tert-OH is 1. The van der Waals surface area contributed by atoms with E-state index in [1.165, 1.54) is 6.08 Å². The van der Waals surface area contributed by atoms with Gasteiger partial charge in [-0.15, -0.1) is 6.58 Å². The largest absolute Gasteiger partial charge is 0.461 e. The Morgan fingerprint density at radius 3 is 2.45 bits per heavy atom. The zero-order chi connectivity index (χ0) is 29.7. The van der Waals surface area contributed by atoms with E-state index in [4.69, 9.17) is 23.1 Å². The number of alkyl halides is 3. The molecule has 1 saturated heterocycles. The van der Waals surface area contributed by atoms with Crippen LogP contribution in [0.5, 0.6) is 5.75 Å². The highest BCUT2D eigenvalue weighted by molar-refractivity contribution is 14.1. The minimum absolute atomic E-state index is 0.0795. The normalized spacial score (nSPS) is 23.6. The van der Waals surface area contributed by atoms with Crippen molar-refractivity contribution in [1.82, 2.24) is 0 Å². The number of benzene rings is 2. The molecule has 0 saturated carbocycles. The molecular formula is C26H28F3IO9S. The number of hydrogen-bond donors (Lipinski definition) is 1. The summed E-state index contributed by atoms with van der Waals surface area (Å²) in [6, 6.07) is 9.79. The van der Waals surface area contributed by atoms with E-state index in [0.29, 0.717) is 11.8 Å². The van der Waals surface area contributed by atoms with Crippen LogP contribution in [0.4, 0.5) is 13.2 Å². The van der Waals surface area contributed by atoms with Crippen molar-refractivity contribution in [2.45, 2.75) is 55.6 Å². The zero-order valence-electron chi connectivity index (χ0n) is 21.4. The third-order valence-electron chi connectivity index (χ3n) is 5.65. The lowest BCUT2D eigenvalue weighted by molar-refractivity contribution is -0.288. The van der Waals surface area contributed by atoms with E-state index < -0.39 is 76.0 Å². The first kappa shape index (κ1) is 32.3. The first-order chi connectivity index (χ1) is 18.7. The van der Waals surface area contributed by atoms with Gasteiger partial charge < -0.3 is 24.1 Å². The fourth-order valence-electron chi connectivity index (χ4n) is 3.59. The molecule has 5 atom stereocenters. The van der Waals surface area contributed by atoms with Crippen LogP contribution in [0.2, 0.25) is 0 Å². The second kappa shape index (κ2) is 13.6. The van der Waals surface area contributed by atoms with E-state index in [2.05, 4.69) is 29.2 Å². The lowest BCUT2D eigenvalue weighted by Gasteiger charge is -2.43. The highest BCUT2D eigenvalue weighted by atomic mass is 127. The molecule has 9 nitrogen and oxygen atoms in total. The molecule has 1 N–H and O–H groups in total. The van der Waals surface area contributed by atoms with Gasteiger partial charge in [-0.05, 0) is 65.1 Å². The van der Waals surface area contributed by atoms with Crippen molar-refractivity contribution >= 4 is 38.7 Å². The predicted octanol–water partition coefficient (Wildman–Crippen LogP) is 4.32. The van der Waals surface area contributed by atoms with Crippen molar-refractivity contribution < 1.29 is 54.6 Å². The number of esters is 1. The topological polar surface area (TPSA) is 118 Å². The Morgan fingerprint density at radius 2 is 1.85 bits per heavy atom. The Morgan fingerprint density at radius 1 is 1.18 bits per heavy atom. The molecule has 3 rings (SSSR count). The number of rotatable bonds is 11. The fraction of sp³-hybridized carbons (Fsp3) is 0.423. The average molecular weight is 700 g/mol. The number of carbonyl (C=O) groups excluding carboxylic acids is 1. The summed E-state index contributed by atoms with van der Waals surface area (Å²) in [5.74, 6) is -0.869. The molecule has 40 heavy (non-hydrogen) atoms. The number of ether oxygens (including phenoxy) is 4. The van der Waals surface area contributed by atoms with Crippen LogP contribution in [0.15, 0.2) is 66.1 Å². The van der Waals surface area contributed by atoms with Crippen LogP contribution >= 0.6 is 22.6 Å². The molecule has 1 aliphatic heterocycles. The standard InChI is InChI=1S/C26H28F3IO9S/c1-4-12-35-22-21(31)20(14-36-40(33,34)19-7-5-6-16(13-19)26(27,28)29)38-25(23(22)39-24(32)15(2)3)37-18-10-8-17(30)9-11-18/h4-11,13,15,20-23,25,31H,1,12,14H2,2-3H3/t20-,21+,22+,23-,25-/m1/s1. The molecule has 1 fully saturated rings. The maximum Gasteiger partial charge on any atom is 0.416 e. The van der Waals surface area contributed by atoms with Crippen LogP contribution < -0.4 is 4.74 Å². The number of hydrogen-bond acceptors (Lipinski definition) is 9. The second-order valence-electron chi connectivity index (χ2n) is 9.01. The van der Waals surface area contributed by atoms with Gasteiger partial charge >= 0.3 is 12.1 Å². The first-order valence-corrected chi connectivity index (χ1v) is 14.5. The van der Waals surface area contributed by atoms with Crippen molar-refractivity contribution in [2.75, 3.05) is 13.2 Å². The molecular weight excluding hydrogens is 672 g/mol. The Bertz CT molecular complexity index is 1270. The van der Waals surface area contributed by atoms with Crippen molar-refractivity contribution in [1.29, 1.82) is 0 Å².